The molecule has 0 aromatic heterocycles. The number of nitrogens with zero attached hydrogens (tertiary/aromatic N) is 2. The smallest absolute Gasteiger partial charge is 0.253 e. The maximum Gasteiger partial charge on any atom is 0.253 e. The first-order valence-electron chi connectivity index (χ1n) is 6.18. The van der Waals surface area contributed by atoms with Gasteiger partial charge in [-0.2, -0.15) is 10.5 Å². The van der Waals surface area contributed by atoms with Gasteiger partial charge in [-0.3, -0.25) is 0 Å². The van der Waals surface area contributed by atoms with Gasteiger partial charge in [0.1, 0.15) is 18.9 Å². The quantitative estimate of drug-likeness (QED) is 0.588. The zero-order valence-electron chi connectivity index (χ0n) is 11.5. The van der Waals surface area contributed by atoms with Gasteiger partial charge in [0, 0.05) is 7.11 Å². The molecule has 1 aromatic carbocycles. The summed E-state index contributed by atoms with van der Waals surface area (Å²) in [6.45, 7) is 3.69. The molecule has 0 saturated carbocycles. The first-order valence-corrected chi connectivity index (χ1v) is 6.18. The molecule has 1 atom stereocenters. The molecule has 0 aliphatic carbocycles. The van der Waals surface area contributed by atoms with Crippen LogP contribution in [0.15, 0.2) is 30.9 Å². The van der Waals surface area contributed by atoms with Crippen molar-refractivity contribution in [3.05, 3.63) is 36.4 Å². The van der Waals surface area contributed by atoms with E-state index in [1.54, 1.807) is 18.2 Å². The summed E-state index contributed by atoms with van der Waals surface area (Å²) < 4.78 is 20.7. The average molecular weight is 286 g/mol. The minimum Gasteiger partial charge on any atom is -0.454 e. The van der Waals surface area contributed by atoms with Gasteiger partial charge in [-0.25, -0.2) is 0 Å². The van der Waals surface area contributed by atoms with E-state index < -0.39 is 11.5 Å². The fraction of sp³-hybridized carbons (Fsp3) is 0.333. The van der Waals surface area contributed by atoms with Crippen molar-refractivity contribution in [2.45, 2.75) is 11.5 Å². The van der Waals surface area contributed by atoms with Gasteiger partial charge in [-0.1, -0.05) is 12.1 Å². The summed E-state index contributed by atoms with van der Waals surface area (Å²) >= 11 is 0. The molecule has 2 rings (SSSR count). The van der Waals surface area contributed by atoms with Crippen molar-refractivity contribution in [2.24, 2.45) is 0 Å². The van der Waals surface area contributed by atoms with Crippen molar-refractivity contribution < 1.29 is 18.9 Å². The van der Waals surface area contributed by atoms with E-state index in [1.165, 1.54) is 13.2 Å². The fourth-order valence-corrected chi connectivity index (χ4v) is 2.11. The predicted octanol–water partition coefficient (Wildman–Crippen LogP) is 2.09. The van der Waals surface area contributed by atoms with Crippen LogP contribution in [-0.2, 0) is 9.47 Å². The summed E-state index contributed by atoms with van der Waals surface area (Å²) in [7, 11) is 1.42. The molecule has 0 unspecified atom stereocenters. The van der Waals surface area contributed by atoms with Gasteiger partial charge in [0.25, 0.3) is 5.60 Å². The Kier molecular flexibility index (Phi) is 4.44. The van der Waals surface area contributed by atoms with Crippen LogP contribution in [0.2, 0.25) is 0 Å². The summed E-state index contributed by atoms with van der Waals surface area (Å²) in [5, 5.41) is 18.8. The number of nitriles is 2. The van der Waals surface area contributed by atoms with Crippen LogP contribution in [0, 0.1) is 22.7 Å². The Hall–Kier alpha value is -2.54. The van der Waals surface area contributed by atoms with Gasteiger partial charge in [0.05, 0.1) is 5.92 Å². The topological polar surface area (TPSA) is 84.5 Å². The van der Waals surface area contributed by atoms with Crippen LogP contribution in [-0.4, -0.2) is 26.3 Å². The van der Waals surface area contributed by atoms with E-state index >= 15 is 0 Å². The Morgan fingerprint density at radius 2 is 2.10 bits per heavy atom. The first-order chi connectivity index (χ1) is 10.2. The third-order valence-corrected chi connectivity index (χ3v) is 3.17. The van der Waals surface area contributed by atoms with E-state index in [-0.39, 0.29) is 13.6 Å². The number of rotatable bonds is 6. The van der Waals surface area contributed by atoms with Crippen LogP contribution in [0.3, 0.4) is 0 Å². The Morgan fingerprint density at radius 1 is 1.38 bits per heavy atom. The van der Waals surface area contributed by atoms with E-state index in [2.05, 4.69) is 6.58 Å². The van der Waals surface area contributed by atoms with Crippen molar-refractivity contribution >= 4 is 0 Å². The summed E-state index contributed by atoms with van der Waals surface area (Å²) in [5.74, 6) is 0.534. The first kappa shape index (κ1) is 14.9. The molecule has 1 aliphatic heterocycles. The molecule has 0 bridgehead atoms. The Balaban J connectivity index is 2.39. The van der Waals surface area contributed by atoms with Crippen molar-refractivity contribution in [1.29, 1.82) is 10.5 Å². The van der Waals surface area contributed by atoms with Crippen LogP contribution < -0.4 is 9.47 Å². The Morgan fingerprint density at radius 3 is 2.71 bits per heavy atom. The van der Waals surface area contributed by atoms with E-state index in [1.807, 2.05) is 12.1 Å². The molecule has 0 saturated heterocycles. The highest BCUT2D eigenvalue weighted by atomic mass is 16.7. The molecule has 0 spiro atoms. The van der Waals surface area contributed by atoms with Gasteiger partial charge in [-0.05, 0) is 17.7 Å². The summed E-state index contributed by atoms with van der Waals surface area (Å²) in [6, 6.07) is 9.01. The van der Waals surface area contributed by atoms with Crippen molar-refractivity contribution in [3.8, 4) is 23.6 Å². The van der Waals surface area contributed by atoms with Gasteiger partial charge in [0.15, 0.2) is 11.5 Å². The molecular formula is C15H14N2O4. The second kappa shape index (κ2) is 6.27. The number of methoxy groups -OCH3 is 1. The zero-order chi connectivity index (χ0) is 15.3. The van der Waals surface area contributed by atoms with Crippen LogP contribution >= 0.6 is 0 Å². The molecule has 1 heterocycles. The zero-order valence-corrected chi connectivity index (χ0v) is 11.5. The monoisotopic (exact) mass is 286 g/mol. The van der Waals surface area contributed by atoms with Crippen molar-refractivity contribution in [3.63, 3.8) is 0 Å². The highest BCUT2D eigenvalue weighted by Gasteiger charge is 2.41. The summed E-state index contributed by atoms with van der Waals surface area (Å²) in [4.78, 5) is 0. The van der Waals surface area contributed by atoms with E-state index in [0.29, 0.717) is 17.1 Å². The highest BCUT2D eigenvalue weighted by molar-refractivity contribution is 5.48. The lowest BCUT2D eigenvalue weighted by molar-refractivity contribution is -0.0855. The van der Waals surface area contributed by atoms with E-state index in [4.69, 9.17) is 18.9 Å². The van der Waals surface area contributed by atoms with Crippen LogP contribution in [0.5, 0.6) is 11.5 Å². The molecule has 1 aliphatic rings. The van der Waals surface area contributed by atoms with Gasteiger partial charge >= 0.3 is 0 Å². The molecule has 0 fully saturated rings. The molecule has 0 radical (unpaired) electrons. The summed E-state index contributed by atoms with van der Waals surface area (Å²) in [5.41, 5.74) is -1.04. The second-order valence-corrected chi connectivity index (χ2v) is 4.34. The number of hydrogen-bond acceptors (Lipinski definition) is 6. The number of fused-ring (bicyclic) bond motifs is 1. The Bertz CT molecular complexity index is 601. The van der Waals surface area contributed by atoms with Crippen LogP contribution in [0.1, 0.15) is 11.5 Å². The minimum atomic E-state index is -1.72. The van der Waals surface area contributed by atoms with Gasteiger partial charge in [0.2, 0.25) is 6.79 Å². The largest absolute Gasteiger partial charge is 0.454 e. The van der Waals surface area contributed by atoms with Crippen molar-refractivity contribution in [1.82, 2.24) is 0 Å². The Labute approximate surface area is 122 Å². The molecule has 0 amide bonds. The fourth-order valence-electron chi connectivity index (χ4n) is 2.11. The van der Waals surface area contributed by atoms with Crippen molar-refractivity contribution in [2.75, 3.05) is 20.7 Å². The lowest BCUT2D eigenvalue weighted by Gasteiger charge is -2.26. The molecular weight excluding hydrogens is 272 g/mol. The maximum absolute atomic E-state index is 9.40. The average Bonchev–Trinajstić information content (AvgIpc) is 2.99. The number of hydrogen-bond donors (Lipinski definition) is 0. The molecule has 0 N–H and O–H groups in total. The minimum absolute atomic E-state index is 0.152. The van der Waals surface area contributed by atoms with E-state index in [0.717, 1.165) is 0 Å². The lowest BCUT2D eigenvalue weighted by Crippen LogP contribution is -2.36. The SMILES string of the molecule is C=C[C@H](c1ccc2c(c1)OCO2)C(C#N)(C#N)OCOC. The standard InChI is InChI=1S/C15H14N2O4/c1-3-12(15(7-16,8-17)21-9-18-2)11-4-5-13-14(6-11)20-10-19-13/h3-6,12H,1,9-10H2,2H3/t12-/m1/s1. The lowest BCUT2D eigenvalue weighted by atomic mass is 9.83. The molecule has 1 aromatic rings. The third kappa shape index (κ3) is 2.68. The summed E-state index contributed by atoms with van der Waals surface area (Å²) in [6.07, 6.45) is 1.50. The molecule has 21 heavy (non-hydrogen) atoms. The van der Waals surface area contributed by atoms with Crippen LogP contribution in [0.4, 0.5) is 0 Å². The molecule has 108 valence electrons. The third-order valence-electron chi connectivity index (χ3n) is 3.17. The van der Waals surface area contributed by atoms with Gasteiger partial charge < -0.3 is 18.9 Å². The van der Waals surface area contributed by atoms with Crippen LogP contribution in [0.25, 0.3) is 0 Å². The molecule has 6 heteroatoms. The van der Waals surface area contributed by atoms with E-state index in [9.17, 15) is 10.5 Å². The highest BCUT2D eigenvalue weighted by Crippen LogP contribution is 2.39. The predicted molar refractivity (Wildman–Crippen MR) is 72.4 cm³/mol. The second-order valence-electron chi connectivity index (χ2n) is 4.34. The van der Waals surface area contributed by atoms with Gasteiger partial charge in [-0.15, -0.1) is 6.58 Å². The molecule has 6 nitrogen and oxygen atoms in total. The maximum atomic E-state index is 9.40. The number of ether oxygens (including phenoxy) is 4. The normalized spacial score (nSPS) is 14.0. The number of benzene rings is 1.